The van der Waals surface area contributed by atoms with Gasteiger partial charge in [0.1, 0.15) is 17.3 Å². The Labute approximate surface area is 145 Å². The van der Waals surface area contributed by atoms with Crippen LogP contribution in [0.25, 0.3) is 0 Å². The summed E-state index contributed by atoms with van der Waals surface area (Å²) in [5.74, 6) is -0.587. The minimum atomic E-state index is -3.65. The second kappa shape index (κ2) is 7.14. The first-order valence-corrected chi connectivity index (χ1v) is 9.15. The van der Waals surface area contributed by atoms with Gasteiger partial charge in [-0.2, -0.15) is 0 Å². The monoisotopic (exact) mass is 369 g/mol. The summed E-state index contributed by atoms with van der Waals surface area (Å²) in [6.45, 7) is 3.22. The molecule has 0 aliphatic carbocycles. The molecule has 2 aromatic rings. The Bertz CT molecular complexity index is 955. The molecule has 0 unspecified atom stereocenters. The molecule has 0 bridgehead atoms. The fraction of sp³-hybridized carbons (Fsp3) is 0.312. The number of methoxy groups -OCH3 is 1. The molecule has 0 spiro atoms. The summed E-state index contributed by atoms with van der Waals surface area (Å²) >= 11 is 0. The van der Waals surface area contributed by atoms with Crippen LogP contribution in [0.3, 0.4) is 0 Å². The number of rotatable bonds is 6. The molecule has 1 aromatic carbocycles. The SMILES string of the molecule is CCS(=O)(=O)Nc1c(OC)cc(=O)n(C)c1Nc1ccc(C)cc1F. The lowest BCUT2D eigenvalue weighted by molar-refractivity contribution is 0.415. The van der Waals surface area contributed by atoms with Crippen molar-refractivity contribution in [3.8, 4) is 5.75 Å². The molecule has 9 heteroatoms. The molecule has 2 rings (SSSR count). The van der Waals surface area contributed by atoms with Crippen LogP contribution in [0.2, 0.25) is 0 Å². The summed E-state index contributed by atoms with van der Waals surface area (Å²) in [7, 11) is -0.887. The zero-order valence-electron chi connectivity index (χ0n) is 14.4. The number of anilines is 3. The maximum atomic E-state index is 14.2. The van der Waals surface area contributed by atoms with Crippen molar-refractivity contribution in [2.75, 3.05) is 22.9 Å². The van der Waals surface area contributed by atoms with Gasteiger partial charge < -0.3 is 10.1 Å². The molecule has 0 amide bonds. The van der Waals surface area contributed by atoms with E-state index in [1.165, 1.54) is 37.8 Å². The quantitative estimate of drug-likeness (QED) is 0.816. The summed E-state index contributed by atoms with van der Waals surface area (Å²) < 4.78 is 46.8. The van der Waals surface area contributed by atoms with Crippen molar-refractivity contribution < 1.29 is 17.5 Å². The normalized spacial score (nSPS) is 11.2. The number of ether oxygens (including phenoxy) is 1. The number of benzene rings is 1. The maximum Gasteiger partial charge on any atom is 0.255 e. The highest BCUT2D eigenvalue weighted by Crippen LogP contribution is 2.34. The van der Waals surface area contributed by atoms with Crippen molar-refractivity contribution in [2.24, 2.45) is 7.05 Å². The van der Waals surface area contributed by atoms with Gasteiger partial charge in [-0.15, -0.1) is 0 Å². The number of halogens is 1. The number of hydrogen-bond acceptors (Lipinski definition) is 5. The highest BCUT2D eigenvalue weighted by atomic mass is 32.2. The van der Waals surface area contributed by atoms with Crippen molar-refractivity contribution in [1.82, 2.24) is 4.57 Å². The minimum absolute atomic E-state index is 0.0337. The fourth-order valence-corrected chi connectivity index (χ4v) is 2.81. The van der Waals surface area contributed by atoms with Gasteiger partial charge >= 0.3 is 0 Å². The van der Waals surface area contributed by atoms with Crippen LogP contribution in [-0.4, -0.2) is 25.8 Å². The van der Waals surface area contributed by atoms with Crippen molar-refractivity contribution in [1.29, 1.82) is 0 Å². The highest BCUT2D eigenvalue weighted by Gasteiger charge is 2.20. The van der Waals surface area contributed by atoms with Gasteiger partial charge in [0, 0.05) is 13.1 Å². The van der Waals surface area contributed by atoms with Crippen LogP contribution in [-0.2, 0) is 17.1 Å². The van der Waals surface area contributed by atoms with Crippen LogP contribution in [0, 0.1) is 12.7 Å². The number of nitrogens with zero attached hydrogens (tertiary/aromatic N) is 1. The molecule has 0 saturated heterocycles. The fourth-order valence-electron chi connectivity index (χ4n) is 2.16. The molecule has 136 valence electrons. The number of hydrogen-bond donors (Lipinski definition) is 2. The number of aryl methyl sites for hydroxylation is 1. The van der Waals surface area contributed by atoms with Gasteiger partial charge in [0.05, 0.1) is 18.6 Å². The summed E-state index contributed by atoms with van der Waals surface area (Å²) in [6.07, 6.45) is 0. The molecule has 2 N–H and O–H groups in total. The standard InChI is InChI=1S/C16H20FN3O4S/c1-5-25(22,23)19-15-13(24-4)9-14(21)20(3)16(15)18-12-7-6-10(2)8-11(12)17/h6-9,18-19H,5H2,1-4H3. The zero-order valence-corrected chi connectivity index (χ0v) is 15.2. The Balaban J connectivity index is 2.65. The van der Waals surface area contributed by atoms with Gasteiger partial charge in [0.25, 0.3) is 5.56 Å². The first-order valence-electron chi connectivity index (χ1n) is 7.50. The Morgan fingerprint density at radius 2 is 1.96 bits per heavy atom. The van der Waals surface area contributed by atoms with E-state index in [2.05, 4.69) is 10.0 Å². The average Bonchev–Trinajstić information content (AvgIpc) is 2.55. The zero-order chi connectivity index (χ0) is 18.8. The largest absolute Gasteiger partial charge is 0.494 e. The van der Waals surface area contributed by atoms with Crippen LogP contribution in [0.5, 0.6) is 5.75 Å². The average molecular weight is 369 g/mol. The third kappa shape index (κ3) is 4.11. The molecule has 1 heterocycles. The highest BCUT2D eigenvalue weighted by molar-refractivity contribution is 7.92. The number of pyridine rings is 1. The van der Waals surface area contributed by atoms with Gasteiger partial charge in [-0.3, -0.25) is 14.1 Å². The number of nitrogens with one attached hydrogen (secondary N) is 2. The molecular weight excluding hydrogens is 349 g/mol. The van der Waals surface area contributed by atoms with Crippen LogP contribution in [0.1, 0.15) is 12.5 Å². The van der Waals surface area contributed by atoms with Crippen molar-refractivity contribution in [3.05, 3.63) is 46.0 Å². The topological polar surface area (TPSA) is 89.4 Å². The van der Waals surface area contributed by atoms with E-state index in [0.717, 1.165) is 11.6 Å². The summed E-state index contributed by atoms with van der Waals surface area (Å²) in [4.78, 5) is 12.1. The predicted molar refractivity (Wildman–Crippen MR) is 95.7 cm³/mol. The molecule has 0 radical (unpaired) electrons. The van der Waals surface area contributed by atoms with Gasteiger partial charge in [0.2, 0.25) is 10.0 Å². The third-order valence-electron chi connectivity index (χ3n) is 3.64. The molecular formula is C16H20FN3O4S. The smallest absolute Gasteiger partial charge is 0.255 e. The van der Waals surface area contributed by atoms with Crippen LogP contribution >= 0.6 is 0 Å². The van der Waals surface area contributed by atoms with Crippen molar-refractivity contribution in [2.45, 2.75) is 13.8 Å². The lowest BCUT2D eigenvalue weighted by atomic mass is 10.2. The van der Waals surface area contributed by atoms with E-state index in [1.807, 2.05) is 0 Å². The molecule has 0 atom stereocenters. The van der Waals surface area contributed by atoms with E-state index in [-0.39, 0.29) is 28.7 Å². The van der Waals surface area contributed by atoms with E-state index >= 15 is 0 Å². The van der Waals surface area contributed by atoms with E-state index in [4.69, 9.17) is 4.74 Å². The van der Waals surface area contributed by atoms with E-state index in [9.17, 15) is 17.6 Å². The van der Waals surface area contributed by atoms with Crippen molar-refractivity contribution in [3.63, 3.8) is 0 Å². The first kappa shape index (κ1) is 18.8. The maximum absolute atomic E-state index is 14.2. The second-order valence-corrected chi connectivity index (χ2v) is 7.46. The molecule has 25 heavy (non-hydrogen) atoms. The number of sulfonamides is 1. The lowest BCUT2D eigenvalue weighted by Crippen LogP contribution is -2.24. The minimum Gasteiger partial charge on any atom is -0.494 e. The number of aromatic nitrogens is 1. The van der Waals surface area contributed by atoms with E-state index in [0.29, 0.717) is 0 Å². The second-order valence-electron chi connectivity index (χ2n) is 5.45. The summed E-state index contributed by atoms with van der Waals surface area (Å²) in [5.41, 5.74) is 0.429. The Kier molecular flexibility index (Phi) is 5.36. The van der Waals surface area contributed by atoms with Crippen molar-refractivity contribution >= 4 is 27.2 Å². The Morgan fingerprint density at radius 1 is 1.28 bits per heavy atom. The molecule has 0 saturated carbocycles. The summed E-state index contributed by atoms with van der Waals surface area (Å²) in [6, 6.07) is 5.69. The van der Waals surface area contributed by atoms with E-state index < -0.39 is 21.4 Å². The molecule has 1 aromatic heterocycles. The van der Waals surface area contributed by atoms with Gasteiger partial charge in [0.15, 0.2) is 5.75 Å². The van der Waals surface area contributed by atoms with Crippen LogP contribution in [0.15, 0.2) is 29.1 Å². The van der Waals surface area contributed by atoms with E-state index in [1.54, 1.807) is 13.0 Å². The van der Waals surface area contributed by atoms with Gasteiger partial charge in [-0.1, -0.05) is 6.07 Å². The molecule has 0 aliphatic rings. The Morgan fingerprint density at radius 3 is 2.52 bits per heavy atom. The molecule has 0 fully saturated rings. The van der Waals surface area contributed by atoms with Crippen LogP contribution in [0.4, 0.5) is 21.6 Å². The first-order chi connectivity index (χ1) is 11.7. The van der Waals surface area contributed by atoms with Crippen LogP contribution < -0.4 is 20.3 Å². The van der Waals surface area contributed by atoms with Gasteiger partial charge in [-0.05, 0) is 31.5 Å². The molecule has 0 aliphatic heterocycles. The lowest BCUT2D eigenvalue weighted by Gasteiger charge is -2.19. The van der Waals surface area contributed by atoms with Gasteiger partial charge in [-0.25, -0.2) is 12.8 Å². The Hall–Kier alpha value is -2.55. The predicted octanol–water partition coefficient (Wildman–Crippen LogP) is 2.35. The third-order valence-corrected chi connectivity index (χ3v) is 4.91. The molecule has 7 nitrogen and oxygen atoms in total. The summed E-state index contributed by atoms with van der Waals surface area (Å²) in [5, 5.41) is 2.78.